The Hall–Kier alpha value is -0.166. The molecule has 248 valence electrons. The Kier molecular flexibility index (Phi) is 10.6. The molecule has 7 atom stereocenters. The van der Waals surface area contributed by atoms with Crippen LogP contribution in [0.2, 0.25) is 36.3 Å². The van der Waals surface area contributed by atoms with Gasteiger partial charge in [0.15, 0.2) is 16.6 Å². The van der Waals surface area contributed by atoms with Gasteiger partial charge in [-0.15, -0.1) is 0 Å². The van der Waals surface area contributed by atoms with Gasteiger partial charge in [0.2, 0.25) is 0 Å². The van der Waals surface area contributed by atoms with E-state index in [1.54, 1.807) is 5.57 Å². The average molecular weight is 629 g/mol. The van der Waals surface area contributed by atoms with Crippen molar-refractivity contribution in [3.8, 4) is 0 Å². The van der Waals surface area contributed by atoms with E-state index in [4.69, 9.17) is 8.85 Å². The summed E-state index contributed by atoms with van der Waals surface area (Å²) in [6, 6.07) is 3.75. The average Bonchev–Trinajstić information content (AvgIpc) is 3.28. The van der Waals surface area contributed by atoms with Gasteiger partial charge in [0.1, 0.15) is 0 Å². The van der Waals surface area contributed by atoms with Crippen molar-refractivity contribution in [3.63, 3.8) is 0 Å². The van der Waals surface area contributed by atoms with Crippen molar-refractivity contribution in [1.82, 2.24) is 0 Å². The van der Waals surface area contributed by atoms with Crippen LogP contribution in [0, 0.1) is 34.5 Å². The Labute approximate surface area is 270 Å². The molecule has 0 saturated heterocycles. The summed E-state index contributed by atoms with van der Waals surface area (Å²) in [5.41, 5.74) is 4.39. The molecule has 0 aliphatic heterocycles. The molecule has 4 rings (SSSR count). The minimum atomic E-state index is -1.74. The van der Waals surface area contributed by atoms with E-state index in [0.717, 1.165) is 30.1 Å². The molecule has 0 heterocycles. The summed E-state index contributed by atoms with van der Waals surface area (Å²) >= 11 is 0. The maximum Gasteiger partial charge on any atom is 0.192 e. The fourth-order valence-corrected chi connectivity index (χ4v) is 14.9. The minimum Gasteiger partial charge on any atom is -0.414 e. The van der Waals surface area contributed by atoms with Crippen LogP contribution in [-0.4, -0.2) is 28.3 Å². The first kappa shape index (κ1) is 35.7. The van der Waals surface area contributed by atoms with E-state index in [0.29, 0.717) is 16.9 Å². The molecule has 0 N–H and O–H groups in total. The molecule has 4 aliphatic rings. The van der Waals surface area contributed by atoms with Gasteiger partial charge >= 0.3 is 0 Å². The molecule has 0 aromatic heterocycles. The Bertz CT molecular complexity index is 1020. The van der Waals surface area contributed by atoms with Gasteiger partial charge < -0.3 is 8.85 Å². The van der Waals surface area contributed by atoms with E-state index in [2.05, 4.69) is 101 Å². The monoisotopic (exact) mass is 629 g/mol. The molecular weight excluding hydrogens is 557 g/mol. The first-order valence-corrected chi connectivity index (χ1v) is 24.1. The Morgan fingerprint density at radius 1 is 0.884 bits per heavy atom. The van der Waals surface area contributed by atoms with Crippen molar-refractivity contribution >= 4 is 16.6 Å². The predicted octanol–water partition coefficient (Wildman–Crippen LogP) is 12.5. The van der Waals surface area contributed by atoms with Gasteiger partial charge in [0, 0.05) is 6.10 Å². The van der Waals surface area contributed by atoms with Gasteiger partial charge in [-0.1, -0.05) is 98.5 Å². The molecule has 0 spiro atoms. The zero-order valence-electron chi connectivity index (χ0n) is 31.1. The smallest absolute Gasteiger partial charge is 0.192 e. The van der Waals surface area contributed by atoms with Crippen LogP contribution in [0.5, 0.6) is 0 Å². The van der Waals surface area contributed by atoms with Crippen molar-refractivity contribution in [3.05, 3.63) is 23.3 Å². The molecule has 0 bridgehead atoms. The highest BCUT2D eigenvalue weighted by Gasteiger charge is 2.57. The summed E-state index contributed by atoms with van der Waals surface area (Å²) in [6.45, 7) is 31.7. The zero-order chi connectivity index (χ0) is 32.1. The molecule has 3 saturated carbocycles. The van der Waals surface area contributed by atoms with Gasteiger partial charge in [-0.3, -0.25) is 0 Å². The van der Waals surface area contributed by atoms with Crippen LogP contribution in [0.15, 0.2) is 23.3 Å². The zero-order valence-corrected chi connectivity index (χ0v) is 33.1. The molecule has 4 heteroatoms. The Morgan fingerprint density at radius 3 is 2.14 bits per heavy atom. The third kappa shape index (κ3) is 6.94. The van der Waals surface area contributed by atoms with Crippen molar-refractivity contribution in [2.45, 2.75) is 188 Å². The Balaban J connectivity index is 1.41. The second-order valence-electron chi connectivity index (χ2n) is 18.3. The molecule has 2 nitrogen and oxygen atoms in total. The predicted molar refractivity (Wildman–Crippen MR) is 193 cm³/mol. The van der Waals surface area contributed by atoms with Crippen molar-refractivity contribution in [1.29, 1.82) is 0 Å². The number of hydrogen-bond donors (Lipinski definition) is 0. The van der Waals surface area contributed by atoms with Gasteiger partial charge in [0.25, 0.3) is 0 Å². The second kappa shape index (κ2) is 12.8. The summed E-state index contributed by atoms with van der Waals surface area (Å²) in [6.07, 6.45) is 18.9. The third-order valence-corrected chi connectivity index (χ3v) is 23.8. The number of rotatable bonds is 12. The van der Waals surface area contributed by atoms with Crippen molar-refractivity contribution < 1.29 is 8.85 Å². The van der Waals surface area contributed by atoms with Crippen LogP contribution >= 0.6 is 0 Å². The van der Waals surface area contributed by atoms with E-state index < -0.39 is 16.6 Å². The van der Waals surface area contributed by atoms with Crippen LogP contribution in [0.1, 0.15) is 140 Å². The molecule has 0 radical (unpaired) electrons. The molecule has 0 amide bonds. The molecule has 0 aromatic carbocycles. The van der Waals surface area contributed by atoms with Crippen molar-refractivity contribution in [2.24, 2.45) is 34.5 Å². The molecule has 1 unspecified atom stereocenters. The van der Waals surface area contributed by atoms with E-state index in [1.807, 2.05) is 5.57 Å². The summed E-state index contributed by atoms with van der Waals surface area (Å²) in [4.78, 5) is 0. The van der Waals surface area contributed by atoms with Crippen LogP contribution < -0.4 is 0 Å². The molecule has 3 fully saturated rings. The maximum absolute atomic E-state index is 6.96. The highest BCUT2D eigenvalue weighted by Crippen LogP contribution is 2.66. The second-order valence-corrected chi connectivity index (χ2v) is 27.8. The van der Waals surface area contributed by atoms with Gasteiger partial charge in [-0.25, -0.2) is 0 Å². The molecule has 43 heavy (non-hydrogen) atoms. The SMILES string of the molecule is CC[Si](CC)(CC)OC(C)(C)CCC[C@@H](C)[C@H]1CC[C@H]2C3=CC=C4CC(O[Si](C)(C)C(C)(C)C)CC[C@]4(C)[C@H]3CC[C@]12C. The highest BCUT2D eigenvalue weighted by molar-refractivity contribution is 6.74. The van der Waals surface area contributed by atoms with E-state index in [-0.39, 0.29) is 10.6 Å². The van der Waals surface area contributed by atoms with E-state index in [1.165, 1.54) is 75.9 Å². The highest BCUT2D eigenvalue weighted by atomic mass is 28.4. The third-order valence-electron chi connectivity index (χ3n) is 14.4. The summed E-state index contributed by atoms with van der Waals surface area (Å²) in [5, 5.41) is 0.280. The first-order valence-electron chi connectivity index (χ1n) is 18.7. The molecule has 4 aliphatic carbocycles. The first-order chi connectivity index (χ1) is 19.9. The van der Waals surface area contributed by atoms with E-state index >= 15 is 0 Å². The largest absolute Gasteiger partial charge is 0.414 e. The van der Waals surface area contributed by atoms with Crippen LogP contribution in [0.25, 0.3) is 0 Å². The summed E-state index contributed by atoms with van der Waals surface area (Å²) in [7, 11) is -3.30. The fraction of sp³-hybridized carbons (Fsp3) is 0.897. The number of allylic oxidation sites excluding steroid dienone is 3. The lowest BCUT2D eigenvalue weighted by atomic mass is 9.50. The van der Waals surface area contributed by atoms with Crippen molar-refractivity contribution in [2.75, 3.05) is 0 Å². The van der Waals surface area contributed by atoms with Gasteiger partial charge in [-0.2, -0.15) is 0 Å². The van der Waals surface area contributed by atoms with Crippen LogP contribution in [-0.2, 0) is 8.85 Å². The normalized spacial score (nSPS) is 34.2. The lowest BCUT2D eigenvalue weighted by molar-refractivity contribution is 0.0324. The lowest BCUT2D eigenvalue weighted by Gasteiger charge is -2.56. The number of fused-ring (bicyclic) bond motifs is 5. The summed E-state index contributed by atoms with van der Waals surface area (Å²) in [5.74, 6) is 3.22. The topological polar surface area (TPSA) is 18.5 Å². The minimum absolute atomic E-state index is 0.0231. The molecule has 0 aromatic rings. The maximum atomic E-state index is 6.96. The van der Waals surface area contributed by atoms with Gasteiger partial charge in [0.05, 0.1) is 5.60 Å². The van der Waals surface area contributed by atoms with Crippen LogP contribution in [0.3, 0.4) is 0 Å². The quantitative estimate of drug-likeness (QED) is 0.200. The standard InChI is InChI=1S/C39H72O2Si2/c1-14-43(15-2,16-3)41-37(8,9)25-17-18-29(4)33-21-22-34-32-20-19-30-28-31(40-42(12,13)36(5,6)7)23-26-38(30,10)35(32)24-27-39(33,34)11/h19-20,29,31,33-35H,14-18,21-28H2,1-13H3/t29-,31?,33-,34+,35+,38+,39-/m1/s1. The summed E-state index contributed by atoms with van der Waals surface area (Å²) < 4.78 is 13.9. The molecular formula is C39H72O2Si2. The number of hydrogen-bond acceptors (Lipinski definition) is 2. The van der Waals surface area contributed by atoms with Gasteiger partial charge in [-0.05, 0) is 136 Å². The lowest BCUT2D eigenvalue weighted by Crippen LogP contribution is -2.49. The fourth-order valence-electron chi connectivity index (χ4n) is 10.3. The van der Waals surface area contributed by atoms with E-state index in [9.17, 15) is 0 Å². The van der Waals surface area contributed by atoms with Crippen LogP contribution in [0.4, 0.5) is 0 Å². The Morgan fingerprint density at radius 2 is 1.53 bits per heavy atom.